The summed E-state index contributed by atoms with van der Waals surface area (Å²) in [7, 11) is 1.64. The quantitative estimate of drug-likeness (QED) is 0.603. The summed E-state index contributed by atoms with van der Waals surface area (Å²) in [5.41, 5.74) is 3.43. The summed E-state index contributed by atoms with van der Waals surface area (Å²) in [5.74, 6) is 0.671. The van der Waals surface area contributed by atoms with Crippen LogP contribution in [-0.4, -0.2) is 54.5 Å². The van der Waals surface area contributed by atoms with Crippen LogP contribution in [0.15, 0.2) is 66.9 Å². The van der Waals surface area contributed by atoms with Crippen molar-refractivity contribution in [1.29, 1.82) is 0 Å². The number of methoxy groups -OCH3 is 1. The molecule has 1 aromatic heterocycles. The molecule has 0 bridgehead atoms. The predicted octanol–water partition coefficient (Wildman–Crippen LogP) is 3.34. The Kier molecular flexibility index (Phi) is 6.88. The van der Waals surface area contributed by atoms with Crippen LogP contribution >= 0.6 is 0 Å². The number of aromatic nitrogens is 1. The number of benzene rings is 2. The lowest BCUT2D eigenvalue weighted by Gasteiger charge is -2.35. The van der Waals surface area contributed by atoms with Gasteiger partial charge in [-0.05, 0) is 47.9 Å². The van der Waals surface area contributed by atoms with Crippen molar-refractivity contribution >= 4 is 11.8 Å². The van der Waals surface area contributed by atoms with Gasteiger partial charge in [0.05, 0.1) is 13.7 Å². The molecule has 7 nitrogen and oxygen atoms in total. The molecule has 2 heterocycles. The number of hydrogen-bond donors (Lipinski definition) is 1. The summed E-state index contributed by atoms with van der Waals surface area (Å²) < 4.78 is 10.8. The molecule has 4 rings (SSSR count). The van der Waals surface area contributed by atoms with E-state index in [0.717, 1.165) is 22.4 Å². The van der Waals surface area contributed by atoms with Gasteiger partial charge in [0.1, 0.15) is 17.4 Å². The van der Waals surface area contributed by atoms with Crippen LogP contribution in [0.2, 0.25) is 0 Å². The van der Waals surface area contributed by atoms with E-state index in [0.29, 0.717) is 31.7 Å². The van der Waals surface area contributed by atoms with E-state index in [1.807, 2.05) is 49.4 Å². The highest BCUT2D eigenvalue weighted by atomic mass is 16.5. The standard InChI is InChI=1S/C26H27N3O4/c1-3-33-25-22(8-5-13-28-25)26(31)29-15-14-27-24(30)23(29)17-18-6-4-7-20(16-18)19-9-11-21(32-2)12-10-19/h4-13,16,23H,3,14-15,17H2,1-2H3,(H,27,30)/t23-/m1/s1. The number of amides is 2. The van der Waals surface area contributed by atoms with Crippen LogP contribution in [0.25, 0.3) is 11.1 Å². The number of piperazine rings is 1. The van der Waals surface area contributed by atoms with Gasteiger partial charge in [0.15, 0.2) is 0 Å². The molecular weight excluding hydrogens is 418 g/mol. The van der Waals surface area contributed by atoms with Crippen molar-refractivity contribution in [3.05, 3.63) is 78.0 Å². The van der Waals surface area contributed by atoms with Crippen LogP contribution in [0.5, 0.6) is 11.6 Å². The second-order valence-corrected chi connectivity index (χ2v) is 7.73. The zero-order valence-electron chi connectivity index (χ0n) is 18.8. The summed E-state index contributed by atoms with van der Waals surface area (Å²) in [6.45, 7) is 3.08. The molecule has 33 heavy (non-hydrogen) atoms. The van der Waals surface area contributed by atoms with Crippen LogP contribution in [0.3, 0.4) is 0 Å². The minimum absolute atomic E-state index is 0.161. The normalized spacial score (nSPS) is 15.6. The van der Waals surface area contributed by atoms with Crippen LogP contribution < -0.4 is 14.8 Å². The van der Waals surface area contributed by atoms with Gasteiger partial charge < -0.3 is 19.7 Å². The van der Waals surface area contributed by atoms with Gasteiger partial charge in [-0.2, -0.15) is 0 Å². The predicted molar refractivity (Wildman–Crippen MR) is 125 cm³/mol. The highest BCUT2D eigenvalue weighted by Gasteiger charge is 2.34. The summed E-state index contributed by atoms with van der Waals surface area (Å²) in [6.07, 6.45) is 2.00. The molecule has 1 aliphatic rings. The van der Waals surface area contributed by atoms with Gasteiger partial charge in [0, 0.05) is 25.7 Å². The molecule has 2 aromatic carbocycles. The van der Waals surface area contributed by atoms with E-state index in [-0.39, 0.29) is 17.7 Å². The van der Waals surface area contributed by atoms with Crippen LogP contribution in [-0.2, 0) is 11.2 Å². The van der Waals surface area contributed by atoms with Crippen molar-refractivity contribution in [1.82, 2.24) is 15.2 Å². The van der Waals surface area contributed by atoms with E-state index in [1.165, 1.54) is 0 Å². The third-order valence-electron chi connectivity index (χ3n) is 5.65. The number of hydrogen-bond acceptors (Lipinski definition) is 5. The lowest BCUT2D eigenvalue weighted by atomic mass is 9.97. The van der Waals surface area contributed by atoms with Gasteiger partial charge in [-0.1, -0.05) is 36.4 Å². The Hall–Kier alpha value is -3.87. The van der Waals surface area contributed by atoms with Crippen LogP contribution in [0.4, 0.5) is 0 Å². The van der Waals surface area contributed by atoms with Crippen molar-refractivity contribution in [2.24, 2.45) is 0 Å². The van der Waals surface area contributed by atoms with Crippen molar-refractivity contribution in [2.45, 2.75) is 19.4 Å². The molecule has 1 fully saturated rings. The molecule has 0 spiro atoms. The smallest absolute Gasteiger partial charge is 0.260 e. The first kappa shape index (κ1) is 22.3. The molecule has 2 amide bonds. The fourth-order valence-electron chi connectivity index (χ4n) is 4.01. The van der Waals surface area contributed by atoms with E-state index in [1.54, 1.807) is 30.3 Å². The first-order valence-electron chi connectivity index (χ1n) is 11.0. The average molecular weight is 446 g/mol. The maximum atomic E-state index is 13.4. The maximum Gasteiger partial charge on any atom is 0.260 e. The topological polar surface area (TPSA) is 80.8 Å². The fourth-order valence-corrected chi connectivity index (χ4v) is 4.01. The van der Waals surface area contributed by atoms with Crippen LogP contribution in [0, 0.1) is 0 Å². The third kappa shape index (κ3) is 4.98. The molecule has 1 aliphatic heterocycles. The zero-order chi connectivity index (χ0) is 23.2. The molecule has 0 saturated carbocycles. The van der Waals surface area contributed by atoms with Crippen molar-refractivity contribution in [2.75, 3.05) is 26.8 Å². The van der Waals surface area contributed by atoms with Crippen LogP contribution in [0.1, 0.15) is 22.8 Å². The Morgan fingerprint density at radius 1 is 1.12 bits per heavy atom. The second-order valence-electron chi connectivity index (χ2n) is 7.73. The van der Waals surface area contributed by atoms with Gasteiger partial charge in [-0.25, -0.2) is 4.98 Å². The first-order chi connectivity index (χ1) is 16.1. The Labute approximate surface area is 193 Å². The number of carbonyl (C=O) groups is 2. The highest BCUT2D eigenvalue weighted by Crippen LogP contribution is 2.25. The molecule has 0 aliphatic carbocycles. The largest absolute Gasteiger partial charge is 0.497 e. The van der Waals surface area contributed by atoms with Gasteiger partial charge in [-0.15, -0.1) is 0 Å². The second kappa shape index (κ2) is 10.2. The van der Waals surface area contributed by atoms with Crippen molar-refractivity contribution in [3.8, 4) is 22.8 Å². The summed E-state index contributed by atoms with van der Waals surface area (Å²) in [5, 5.41) is 2.89. The van der Waals surface area contributed by atoms with Crippen molar-refractivity contribution < 1.29 is 19.1 Å². The molecule has 7 heteroatoms. The molecule has 1 saturated heterocycles. The van der Waals surface area contributed by atoms with E-state index in [2.05, 4.69) is 16.4 Å². The Morgan fingerprint density at radius 3 is 2.70 bits per heavy atom. The number of ether oxygens (including phenoxy) is 2. The first-order valence-corrected chi connectivity index (χ1v) is 11.0. The lowest BCUT2D eigenvalue weighted by molar-refractivity contribution is -0.127. The molecule has 0 unspecified atom stereocenters. The zero-order valence-corrected chi connectivity index (χ0v) is 18.8. The summed E-state index contributed by atoms with van der Waals surface area (Å²) in [4.78, 5) is 32.0. The maximum absolute atomic E-state index is 13.4. The van der Waals surface area contributed by atoms with Gasteiger partial charge >= 0.3 is 0 Å². The lowest BCUT2D eigenvalue weighted by Crippen LogP contribution is -2.58. The number of carbonyl (C=O) groups excluding carboxylic acids is 2. The molecule has 1 atom stereocenters. The number of pyridine rings is 1. The number of rotatable bonds is 7. The molecule has 1 N–H and O–H groups in total. The Morgan fingerprint density at radius 2 is 1.94 bits per heavy atom. The number of nitrogens with one attached hydrogen (secondary N) is 1. The average Bonchev–Trinajstić information content (AvgIpc) is 2.86. The molecule has 3 aromatic rings. The number of nitrogens with zero attached hydrogens (tertiary/aromatic N) is 2. The molecular formula is C26H27N3O4. The van der Waals surface area contributed by atoms with Gasteiger partial charge in [0.2, 0.25) is 11.8 Å². The third-order valence-corrected chi connectivity index (χ3v) is 5.65. The van der Waals surface area contributed by atoms with E-state index < -0.39 is 6.04 Å². The minimum Gasteiger partial charge on any atom is -0.497 e. The molecule has 0 radical (unpaired) electrons. The monoisotopic (exact) mass is 445 g/mol. The van der Waals surface area contributed by atoms with E-state index in [9.17, 15) is 9.59 Å². The fraction of sp³-hybridized carbons (Fsp3) is 0.269. The minimum atomic E-state index is -0.618. The summed E-state index contributed by atoms with van der Waals surface area (Å²) in [6, 6.07) is 18.6. The van der Waals surface area contributed by atoms with Gasteiger partial charge in [-0.3, -0.25) is 9.59 Å². The SMILES string of the molecule is CCOc1ncccc1C(=O)N1CCNC(=O)[C@H]1Cc1cccc(-c2ccc(OC)cc2)c1. The summed E-state index contributed by atoms with van der Waals surface area (Å²) >= 11 is 0. The molecule has 170 valence electrons. The van der Waals surface area contributed by atoms with E-state index in [4.69, 9.17) is 9.47 Å². The van der Waals surface area contributed by atoms with E-state index >= 15 is 0 Å². The Bertz CT molecular complexity index is 1130. The highest BCUT2D eigenvalue weighted by molar-refractivity contribution is 5.99. The van der Waals surface area contributed by atoms with Crippen molar-refractivity contribution in [3.63, 3.8) is 0 Å². The Balaban J connectivity index is 1.59. The van der Waals surface area contributed by atoms with Gasteiger partial charge in [0.25, 0.3) is 5.91 Å².